The van der Waals surface area contributed by atoms with Crippen LogP contribution >= 0.6 is 7.60 Å². The first kappa shape index (κ1) is 15.6. The number of aliphatic hydroxyl groups excluding tert-OH is 1. The molecule has 1 amide bonds. The average Bonchev–Trinajstić information content (AvgIpc) is 2.16. The van der Waals surface area contributed by atoms with E-state index in [1.54, 1.807) is 13.8 Å². The summed E-state index contributed by atoms with van der Waals surface area (Å²) in [6.07, 6.45) is 0. The lowest BCUT2D eigenvalue weighted by Crippen LogP contribution is -2.40. The molecule has 0 fully saturated rings. The van der Waals surface area contributed by atoms with Crippen LogP contribution in [0.2, 0.25) is 0 Å². The number of hydrogen-bond donors (Lipinski definition) is 2. The predicted molar refractivity (Wildman–Crippen MR) is 60.1 cm³/mol. The standard InChI is InChI=1S/C9H20NO5P/c1-5-14-16(13,15-6-2)9(12)7(3)10-8(4)11/h7,9,12H,5-6H2,1-4H3,(H,10,11)/t7-,9+/m0/s1. The Hall–Kier alpha value is -0.420. The van der Waals surface area contributed by atoms with Gasteiger partial charge >= 0.3 is 7.60 Å². The lowest BCUT2D eigenvalue weighted by molar-refractivity contribution is -0.120. The second-order valence-corrected chi connectivity index (χ2v) is 5.40. The summed E-state index contributed by atoms with van der Waals surface area (Å²) >= 11 is 0. The third kappa shape index (κ3) is 4.61. The molecular formula is C9H20NO5P. The van der Waals surface area contributed by atoms with Gasteiger partial charge in [-0.1, -0.05) is 0 Å². The van der Waals surface area contributed by atoms with E-state index >= 15 is 0 Å². The second-order valence-electron chi connectivity index (χ2n) is 3.28. The van der Waals surface area contributed by atoms with Crippen molar-refractivity contribution in [2.24, 2.45) is 0 Å². The minimum absolute atomic E-state index is 0.168. The lowest BCUT2D eigenvalue weighted by Gasteiger charge is -2.26. The molecule has 0 heterocycles. The average molecular weight is 253 g/mol. The highest BCUT2D eigenvalue weighted by atomic mass is 31.2. The van der Waals surface area contributed by atoms with Gasteiger partial charge in [0.05, 0.1) is 19.3 Å². The molecule has 0 saturated carbocycles. The van der Waals surface area contributed by atoms with Crippen LogP contribution in [0.1, 0.15) is 27.7 Å². The molecule has 2 N–H and O–H groups in total. The maximum Gasteiger partial charge on any atom is 0.360 e. The third-order valence-electron chi connectivity index (χ3n) is 1.82. The van der Waals surface area contributed by atoms with Crippen molar-refractivity contribution in [3.05, 3.63) is 0 Å². The Labute approximate surface area is 95.9 Å². The first-order valence-electron chi connectivity index (χ1n) is 5.21. The zero-order valence-electron chi connectivity index (χ0n) is 10.1. The van der Waals surface area contributed by atoms with Crippen LogP contribution in [0.3, 0.4) is 0 Å². The smallest absolute Gasteiger partial charge is 0.360 e. The molecule has 2 atom stereocenters. The molecule has 0 saturated heterocycles. The number of amides is 1. The molecule has 0 aromatic heterocycles. The van der Waals surface area contributed by atoms with Gasteiger partial charge in [-0.25, -0.2) is 0 Å². The van der Waals surface area contributed by atoms with Crippen molar-refractivity contribution >= 4 is 13.5 Å². The minimum atomic E-state index is -3.58. The molecule has 0 radical (unpaired) electrons. The van der Waals surface area contributed by atoms with E-state index < -0.39 is 19.5 Å². The first-order chi connectivity index (χ1) is 7.37. The molecule has 96 valence electrons. The molecule has 0 aliphatic heterocycles. The monoisotopic (exact) mass is 253 g/mol. The van der Waals surface area contributed by atoms with Crippen LogP contribution in [-0.4, -0.2) is 36.1 Å². The van der Waals surface area contributed by atoms with E-state index in [1.807, 2.05) is 0 Å². The summed E-state index contributed by atoms with van der Waals surface area (Å²) in [5, 5.41) is 12.3. The number of nitrogens with one attached hydrogen (secondary N) is 1. The summed E-state index contributed by atoms with van der Waals surface area (Å²) < 4.78 is 22.0. The van der Waals surface area contributed by atoms with E-state index in [0.29, 0.717) is 0 Å². The summed E-state index contributed by atoms with van der Waals surface area (Å²) in [5.41, 5.74) is 0. The van der Waals surface area contributed by atoms with E-state index in [2.05, 4.69) is 5.32 Å². The summed E-state index contributed by atoms with van der Waals surface area (Å²) in [6, 6.07) is -0.693. The molecule has 0 aromatic carbocycles. The summed E-state index contributed by atoms with van der Waals surface area (Å²) in [6.45, 7) is 6.50. The Morgan fingerprint density at radius 2 is 1.81 bits per heavy atom. The number of carbonyl (C=O) groups excluding carboxylic acids is 1. The Balaban J connectivity index is 4.65. The summed E-state index contributed by atoms with van der Waals surface area (Å²) in [4.78, 5) is 10.8. The summed E-state index contributed by atoms with van der Waals surface area (Å²) in [5.74, 6) is -1.68. The quantitative estimate of drug-likeness (QED) is 0.663. The SMILES string of the molecule is CCOP(=O)(OCC)[C@@H](O)[C@H](C)NC(C)=O. The molecule has 0 aliphatic rings. The van der Waals surface area contributed by atoms with Crippen molar-refractivity contribution in [1.29, 1.82) is 0 Å². The zero-order chi connectivity index (χ0) is 12.8. The van der Waals surface area contributed by atoms with E-state index in [9.17, 15) is 14.5 Å². The molecule has 0 aromatic rings. The maximum atomic E-state index is 12.1. The van der Waals surface area contributed by atoms with Crippen LogP contribution in [0.15, 0.2) is 0 Å². The highest BCUT2D eigenvalue weighted by Crippen LogP contribution is 2.52. The molecule has 0 spiro atoms. The van der Waals surface area contributed by atoms with Gasteiger partial charge in [0.25, 0.3) is 0 Å². The third-order valence-corrected chi connectivity index (χ3v) is 4.15. The number of carbonyl (C=O) groups is 1. The molecule has 7 heteroatoms. The molecule has 0 bridgehead atoms. The molecule has 6 nitrogen and oxygen atoms in total. The minimum Gasteiger partial charge on any atom is -0.379 e. The predicted octanol–water partition coefficient (Wildman–Crippen LogP) is 1.10. The Bertz CT molecular complexity index is 261. The van der Waals surface area contributed by atoms with Gasteiger partial charge < -0.3 is 19.5 Å². The van der Waals surface area contributed by atoms with Crippen molar-refractivity contribution in [1.82, 2.24) is 5.32 Å². The van der Waals surface area contributed by atoms with Gasteiger partial charge in [-0.05, 0) is 20.8 Å². The number of rotatable bonds is 7. The van der Waals surface area contributed by atoms with Crippen molar-refractivity contribution in [3.63, 3.8) is 0 Å². The molecule has 16 heavy (non-hydrogen) atoms. The van der Waals surface area contributed by atoms with Gasteiger partial charge in [0.1, 0.15) is 0 Å². The summed E-state index contributed by atoms with van der Waals surface area (Å²) in [7, 11) is -3.58. The normalized spacial score (nSPS) is 15.6. The largest absolute Gasteiger partial charge is 0.379 e. The Morgan fingerprint density at radius 3 is 2.12 bits per heavy atom. The topological polar surface area (TPSA) is 84.9 Å². The first-order valence-corrected chi connectivity index (χ1v) is 6.82. The fraction of sp³-hybridized carbons (Fsp3) is 0.889. The van der Waals surface area contributed by atoms with Crippen LogP contribution < -0.4 is 5.32 Å². The highest BCUT2D eigenvalue weighted by Gasteiger charge is 2.38. The van der Waals surface area contributed by atoms with Crippen LogP contribution in [0.4, 0.5) is 0 Å². The highest BCUT2D eigenvalue weighted by molar-refractivity contribution is 7.54. The van der Waals surface area contributed by atoms with Gasteiger partial charge in [0.15, 0.2) is 5.85 Å². The van der Waals surface area contributed by atoms with E-state index in [0.717, 1.165) is 0 Å². The van der Waals surface area contributed by atoms with Crippen molar-refractivity contribution < 1.29 is 23.5 Å². The molecule has 0 unspecified atom stereocenters. The Kier molecular flexibility index (Phi) is 6.83. The van der Waals surface area contributed by atoms with Crippen LogP contribution in [0.5, 0.6) is 0 Å². The van der Waals surface area contributed by atoms with Crippen molar-refractivity contribution in [3.8, 4) is 0 Å². The maximum absolute atomic E-state index is 12.1. The van der Waals surface area contributed by atoms with Crippen molar-refractivity contribution in [2.45, 2.75) is 39.6 Å². The fourth-order valence-corrected chi connectivity index (χ4v) is 2.94. The van der Waals surface area contributed by atoms with E-state index in [-0.39, 0.29) is 19.1 Å². The van der Waals surface area contributed by atoms with Gasteiger partial charge in [-0.3, -0.25) is 9.36 Å². The zero-order valence-corrected chi connectivity index (χ0v) is 11.0. The fourth-order valence-electron chi connectivity index (χ4n) is 1.22. The molecular weight excluding hydrogens is 233 g/mol. The number of hydrogen-bond acceptors (Lipinski definition) is 5. The van der Waals surface area contributed by atoms with Crippen LogP contribution in [0.25, 0.3) is 0 Å². The second kappa shape index (κ2) is 7.01. The lowest BCUT2D eigenvalue weighted by atomic mass is 10.3. The van der Waals surface area contributed by atoms with Gasteiger partial charge in [0.2, 0.25) is 5.91 Å². The van der Waals surface area contributed by atoms with Crippen LogP contribution in [0, 0.1) is 0 Å². The Morgan fingerprint density at radius 1 is 1.38 bits per heavy atom. The van der Waals surface area contributed by atoms with Gasteiger partial charge in [-0.2, -0.15) is 0 Å². The molecule has 0 aliphatic carbocycles. The van der Waals surface area contributed by atoms with Crippen molar-refractivity contribution in [2.75, 3.05) is 13.2 Å². The van der Waals surface area contributed by atoms with E-state index in [4.69, 9.17) is 9.05 Å². The van der Waals surface area contributed by atoms with E-state index in [1.165, 1.54) is 13.8 Å². The van der Waals surface area contributed by atoms with Gasteiger partial charge in [0, 0.05) is 6.92 Å². The number of aliphatic hydroxyl groups is 1. The van der Waals surface area contributed by atoms with Crippen LogP contribution in [-0.2, 0) is 18.4 Å². The van der Waals surface area contributed by atoms with Gasteiger partial charge in [-0.15, -0.1) is 0 Å². The molecule has 0 rings (SSSR count).